The third-order valence-electron chi connectivity index (χ3n) is 4.69. The molecule has 0 unspecified atom stereocenters. The van der Waals surface area contributed by atoms with Crippen LogP contribution in [0, 0.1) is 0 Å². The second kappa shape index (κ2) is 7.59. The first-order valence-corrected chi connectivity index (χ1v) is 9.61. The normalized spacial score (nSPS) is 20.2. The van der Waals surface area contributed by atoms with Gasteiger partial charge in [0.05, 0.1) is 22.8 Å². The molecule has 8 heteroatoms. The van der Waals surface area contributed by atoms with E-state index in [2.05, 4.69) is 41.6 Å². The number of halogens is 1. The van der Waals surface area contributed by atoms with Crippen LogP contribution in [0.2, 0.25) is 0 Å². The Hall–Kier alpha value is -2.19. The van der Waals surface area contributed by atoms with Gasteiger partial charge < -0.3 is 15.7 Å². The van der Waals surface area contributed by atoms with E-state index in [0.29, 0.717) is 6.54 Å². The van der Waals surface area contributed by atoms with Gasteiger partial charge >= 0.3 is 0 Å². The van der Waals surface area contributed by atoms with Crippen molar-refractivity contribution in [2.24, 2.45) is 0 Å². The van der Waals surface area contributed by atoms with Crippen LogP contribution in [0.25, 0.3) is 5.65 Å². The van der Waals surface area contributed by atoms with Crippen LogP contribution in [0.3, 0.4) is 0 Å². The lowest BCUT2D eigenvalue weighted by Gasteiger charge is -2.29. The summed E-state index contributed by atoms with van der Waals surface area (Å²) in [7, 11) is 0. The van der Waals surface area contributed by atoms with E-state index in [1.165, 1.54) is 0 Å². The Morgan fingerprint density at radius 2 is 2.15 bits per heavy atom. The maximum absolute atomic E-state index is 10.2. The molecule has 7 nitrogen and oxygen atoms in total. The second-order valence-electron chi connectivity index (χ2n) is 6.57. The number of pyridine rings is 1. The van der Waals surface area contributed by atoms with Gasteiger partial charge in [0, 0.05) is 25.0 Å². The lowest BCUT2D eigenvalue weighted by atomic mass is 9.92. The van der Waals surface area contributed by atoms with E-state index in [1.807, 2.05) is 24.4 Å². The summed E-state index contributed by atoms with van der Waals surface area (Å²) in [6, 6.07) is 5.91. The summed E-state index contributed by atoms with van der Waals surface area (Å²) in [5.74, 6) is 1.57. The molecule has 3 N–H and O–H groups in total. The lowest BCUT2D eigenvalue weighted by Crippen LogP contribution is -2.36. The molecule has 0 saturated heterocycles. The predicted molar refractivity (Wildman–Crippen MR) is 104 cm³/mol. The minimum absolute atomic E-state index is 0.0339. The molecule has 4 rings (SSSR count). The topological polar surface area (TPSA) is 87.4 Å². The van der Waals surface area contributed by atoms with Gasteiger partial charge in [0.2, 0.25) is 0 Å². The van der Waals surface area contributed by atoms with Gasteiger partial charge in [-0.1, -0.05) is 18.9 Å². The Morgan fingerprint density at radius 1 is 1.27 bits per heavy atom. The summed E-state index contributed by atoms with van der Waals surface area (Å²) in [6.45, 7) is 0.635. The molecule has 0 spiro atoms. The molecule has 0 bridgehead atoms. The number of hydrogen-bond donors (Lipinski definition) is 3. The fourth-order valence-corrected chi connectivity index (χ4v) is 3.65. The predicted octanol–water partition coefficient (Wildman–Crippen LogP) is 3.21. The zero-order valence-corrected chi connectivity index (χ0v) is 15.9. The van der Waals surface area contributed by atoms with Crippen LogP contribution < -0.4 is 10.6 Å². The molecule has 3 aromatic heterocycles. The fourth-order valence-electron chi connectivity index (χ4n) is 3.30. The van der Waals surface area contributed by atoms with Crippen LogP contribution in [0.1, 0.15) is 31.2 Å². The quantitative estimate of drug-likeness (QED) is 0.591. The van der Waals surface area contributed by atoms with Gasteiger partial charge in [-0.05, 0) is 40.4 Å². The van der Waals surface area contributed by atoms with E-state index in [9.17, 15) is 5.11 Å². The van der Waals surface area contributed by atoms with Crippen molar-refractivity contribution in [2.45, 2.75) is 44.4 Å². The van der Waals surface area contributed by atoms with Crippen molar-refractivity contribution in [3.8, 4) is 0 Å². The van der Waals surface area contributed by atoms with Gasteiger partial charge in [0.25, 0.3) is 0 Å². The van der Waals surface area contributed by atoms with Crippen LogP contribution in [-0.2, 0) is 6.54 Å². The number of aromatic nitrogens is 4. The van der Waals surface area contributed by atoms with Crippen molar-refractivity contribution >= 4 is 33.2 Å². The minimum Gasteiger partial charge on any atom is -0.391 e. The molecule has 1 fully saturated rings. The molecule has 0 radical (unpaired) electrons. The van der Waals surface area contributed by atoms with Crippen molar-refractivity contribution in [3.63, 3.8) is 0 Å². The van der Waals surface area contributed by atoms with Gasteiger partial charge in [-0.2, -0.15) is 9.61 Å². The zero-order valence-electron chi connectivity index (χ0n) is 14.3. The molecule has 136 valence electrons. The third-order valence-corrected chi connectivity index (χ3v) is 5.25. The summed E-state index contributed by atoms with van der Waals surface area (Å²) in [5.41, 5.74) is 1.81. The Bertz CT molecular complexity index is 884. The fraction of sp³-hybridized carbons (Fsp3) is 0.389. The number of nitrogens with one attached hydrogen (secondary N) is 2. The zero-order chi connectivity index (χ0) is 17.9. The monoisotopic (exact) mass is 416 g/mol. The van der Waals surface area contributed by atoms with E-state index in [1.54, 1.807) is 16.9 Å². The molecule has 0 aromatic carbocycles. The van der Waals surface area contributed by atoms with E-state index in [0.717, 1.165) is 53.0 Å². The third kappa shape index (κ3) is 3.66. The summed E-state index contributed by atoms with van der Waals surface area (Å²) in [6.07, 6.45) is 8.99. The molecular formula is C18H21BrN6O. The van der Waals surface area contributed by atoms with Crippen molar-refractivity contribution in [1.82, 2.24) is 19.6 Å². The Kier molecular flexibility index (Phi) is 5.03. The summed E-state index contributed by atoms with van der Waals surface area (Å²) in [5, 5.41) is 21.4. The molecule has 26 heavy (non-hydrogen) atoms. The van der Waals surface area contributed by atoms with E-state index in [4.69, 9.17) is 0 Å². The molecule has 0 amide bonds. The number of fused-ring (bicyclic) bond motifs is 1. The maximum atomic E-state index is 10.2. The average molecular weight is 417 g/mol. The molecule has 2 atom stereocenters. The van der Waals surface area contributed by atoms with Crippen molar-refractivity contribution < 1.29 is 5.11 Å². The smallest absolute Gasteiger partial charge is 0.173 e. The second-order valence-corrected chi connectivity index (χ2v) is 7.43. The van der Waals surface area contributed by atoms with Crippen molar-refractivity contribution in [2.75, 3.05) is 10.6 Å². The highest BCUT2D eigenvalue weighted by atomic mass is 79.9. The number of nitrogens with zero attached hydrogens (tertiary/aromatic N) is 4. The molecule has 0 aliphatic heterocycles. The van der Waals surface area contributed by atoms with E-state index in [-0.39, 0.29) is 12.1 Å². The van der Waals surface area contributed by atoms with Gasteiger partial charge in [0.15, 0.2) is 5.65 Å². The first kappa shape index (κ1) is 17.2. The SMILES string of the molecule is O[C@@H]1CCCC[C@H]1Nc1cc(NCc2cccnc2)n2ncc(Br)c2n1. The number of anilines is 2. The average Bonchev–Trinajstić information content (AvgIpc) is 3.04. The van der Waals surface area contributed by atoms with Gasteiger partial charge in [-0.25, -0.2) is 4.98 Å². The van der Waals surface area contributed by atoms with Gasteiger partial charge in [-0.3, -0.25) is 4.98 Å². The van der Waals surface area contributed by atoms with Crippen LogP contribution in [0.4, 0.5) is 11.6 Å². The highest BCUT2D eigenvalue weighted by Gasteiger charge is 2.23. The number of hydrogen-bond acceptors (Lipinski definition) is 6. The highest BCUT2D eigenvalue weighted by molar-refractivity contribution is 9.10. The number of rotatable bonds is 5. The molecule has 1 aliphatic rings. The van der Waals surface area contributed by atoms with Crippen LogP contribution >= 0.6 is 15.9 Å². The van der Waals surface area contributed by atoms with Crippen molar-refractivity contribution in [1.29, 1.82) is 0 Å². The highest BCUT2D eigenvalue weighted by Crippen LogP contribution is 2.26. The molecule has 1 aliphatic carbocycles. The van der Waals surface area contributed by atoms with E-state index >= 15 is 0 Å². The standard InChI is InChI=1S/C18H21BrN6O/c19-13-11-22-25-17(21-10-12-4-3-7-20-9-12)8-16(24-18(13)25)23-14-5-1-2-6-15(14)26/h3-4,7-9,11,14-15,21,26H,1-2,5-6,10H2,(H,23,24)/t14-,15-/m1/s1. The van der Waals surface area contributed by atoms with Crippen LogP contribution in [-0.4, -0.2) is 36.8 Å². The van der Waals surface area contributed by atoms with Gasteiger partial charge in [-0.15, -0.1) is 0 Å². The Balaban J connectivity index is 1.60. The number of aliphatic hydroxyl groups excluding tert-OH is 1. The first-order valence-electron chi connectivity index (χ1n) is 8.82. The largest absolute Gasteiger partial charge is 0.391 e. The lowest BCUT2D eigenvalue weighted by molar-refractivity contribution is 0.116. The van der Waals surface area contributed by atoms with Crippen molar-refractivity contribution in [3.05, 3.63) is 46.8 Å². The van der Waals surface area contributed by atoms with Crippen LogP contribution in [0.15, 0.2) is 41.3 Å². The Morgan fingerprint density at radius 3 is 2.96 bits per heavy atom. The van der Waals surface area contributed by atoms with E-state index < -0.39 is 0 Å². The summed E-state index contributed by atoms with van der Waals surface area (Å²) in [4.78, 5) is 8.80. The molecule has 1 saturated carbocycles. The maximum Gasteiger partial charge on any atom is 0.173 e. The molecule has 3 aromatic rings. The molecule has 3 heterocycles. The molecular weight excluding hydrogens is 396 g/mol. The van der Waals surface area contributed by atoms with Crippen LogP contribution in [0.5, 0.6) is 0 Å². The summed E-state index contributed by atoms with van der Waals surface area (Å²) >= 11 is 3.51. The summed E-state index contributed by atoms with van der Waals surface area (Å²) < 4.78 is 2.60. The number of aliphatic hydroxyl groups is 1. The first-order chi connectivity index (χ1) is 12.7. The Labute approximate surface area is 160 Å². The minimum atomic E-state index is -0.332. The van der Waals surface area contributed by atoms with Gasteiger partial charge in [0.1, 0.15) is 11.6 Å².